The second kappa shape index (κ2) is 6.87. The van der Waals surface area contributed by atoms with Gasteiger partial charge in [0.05, 0.1) is 4.90 Å². The van der Waals surface area contributed by atoms with E-state index in [1.807, 2.05) is 12.1 Å². The molecule has 1 N–H and O–H groups in total. The number of hydrogen-bond acceptors (Lipinski definition) is 3. The Kier molecular flexibility index (Phi) is 4.56. The van der Waals surface area contributed by atoms with Crippen molar-refractivity contribution in [3.8, 4) is 0 Å². The van der Waals surface area contributed by atoms with Crippen LogP contribution in [0.4, 0.5) is 0 Å². The number of para-hydroxylation sites is 1. The zero-order valence-corrected chi connectivity index (χ0v) is 15.7. The lowest BCUT2D eigenvalue weighted by Crippen LogP contribution is -2.48. The number of nitrogens with zero attached hydrogens (tertiary/aromatic N) is 2. The van der Waals surface area contributed by atoms with E-state index in [-0.39, 0.29) is 0 Å². The van der Waals surface area contributed by atoms with E-state index >= 15 is 0 Å². The summed E-state index contributed by atoms with van der Waals surface area (Å²) in [6.07, 6.45) is 0. The minimum absolute atomic E-state index is 0.376. The van der Waals surface area contributed by atoms with Crippen LogP contribution in [0.2, 0.25) is 0 Å². The molecule has 1 saturated heterocycles. The summed E-state index contributed by atoms with van der Waals surface area (Å²) < 4.78 is 27.1. The zero-order valence-electron chi connectivity index (χ0n) is 14.9. The van der Waals surface area contributed by atoms with Crippen molar-refractivity contribution < 1.29 is 8.42 Å². The van der Waals surface area contributed by atoms with Crippen LogP contribution in [0.15, 0.2) is 59.5 Å². The predicted octanol–water partition coefficient (Wildman–Crippen LogP) is 2.98. The van der Waals surface area contributed by atoms with Gasteiger partial charge in [0, 0.05) is 49.3 Å². The minimum Gasteiger partial charge on any atom is -0.358 e. The molecule has 6 heteroatoms. The third kappa shape index (κ3) is 3.16. The van der Waals surface area contributed by atoms with Gasteiger partial charge in [-0.1, -0.05) is 36.4 Å². The molecular weight excluding hydrogens is 346 g/mol. The number of sulfonamides is 1. The molecule has 26 heavy (non-hydrogen) atoms. The number of fused-ring (bicyclic) bond motifs is 1. The Bertz CT molecular complexity index is 1000. The highest BCUT2D eigenvalue weighted by Gasteiger charge is 2.28. The second-order valence-electron chi connectivity index (χ2n) is 6.77. The van der Waals surface area contributed by atoms with Crippen molar-refractivity contribution in [3.63, 3.8) is 0 Å². The van der Waals surface area contributed by atoms with Crippen LogP contribution in [-0.4, -0.2) is 48.8 Å². The number of H-pyrrole nitrogens is 1. The maximum atomic E-state index is 12.7. The first-order valence-corrected chi connectivity index (χ1v) is 10.3. The molecule has 0 amide bonds. The van der Waals surface area contributed by atoms with E-state index in [2.05, 4.69) is 35.0 Å². The largest absolute Gasteiger partial charge is 0.358 e. The smallest absolute Gasteiger partial charge is 0.243 e. The Labute approximate surface area is 154 Å². The maximum Gasteiger partial charge on any atom is 0.243 e. The third-order valence-electron chi connectivity index (χ3n) is 5.12. The summed E-state index contributed by atoms with van der Waals surface area (Å²) in [6, 6.07) is 17.0. The number of aromatic amines is 1. The Morgan fingerprint density at radius 1 is 0.923 bits per heavy atom. The van der Waals surface area contributed by atoms with Gasteiger partial charge in [-0.05, 0) is 30.7 Å². The van der Waals surface area contributed by atoms with Crippen molar-refractivity contribution >= 4 is 20.9 Å². The van der Waals surface area contributed by atoms with Gasteiger partial charge in [0.1, 0.15) is 0 Å². The Hall–Kier alpha value is -2.15. The molecule has 0 spiro atoms. The van der Waals surface area contributed by atoms with Crippen LogP contribution < -0.4 is 0 Å². The Morgan fingerprint density at radius 2 is 1.58 bits per heavy atom. The number of aromatic nitrogens is 1. The van der Waals surface area contributed by atoms with Crippen LogP contribution in [0, 0.1) is 6.92 Å². The van der Waals surface area contributed by atoms with Crippen molar-refractivity contribution in [3.05, 3.63) is 65.9 Å². The molecule has 0 atom stereocenters. The van der Waals surface area contributed by atoms with E-state index in [4.69, 9.17) is 0 Å². The Balaban J connectivity index is 1.46. The third-order valence-corrected chi connectivity index (χ3v) is 7.03. The lowest BCUT2D eigenvalue weighted by Gasteiger charge is -2.34. The molecule has 1 aliphatic rings. The number of hydrogen-bond donors (Lipinski definition) is 1. The van der Waals surface area contributed by atoms with Gasteiger partial charge in [-0.15, -0.1) is 0 Å². The predicted molar refractivity (Wildman–Crippen MR) is 104 cm³/mol. The van der Waals surface area contributed by atoms with Crippen LogP contribution >= 0.6 is 0 Å². The molecule has 0 aliphatic carbocycles. The molecule has 4 rings (SSSR count). The monoisotopic (exact) mass is 369 g/mol. The van der Waals surface area contributed by atoms with Gasteiger partial charge >= 0.3 is 0 Å². The zero-order chi connectivity index (χ0) is 18.1. The summed E-state index contributed by atoms with van der Waals surface area (Å²) in [5.74, 6) is 0. The lowest BCUT2D eigenvalue weighted by molar-refractivity contribution is 0.182. The van der Waals surface area contributed by atoms with Crippen LogP contribution in [0.5, 0.6) is 0 Å². The molecule has 3 aromatic rings. The summed E-state index contributed by atoms with van der Waals surface area (Å²) in [5.41, 5.74) is 3.65. The first-order valence-electron chi connectivity index (χ1n) is 8.89. The molecule has 0 bridgehead atoms. The van der Waals surface area contributed by atoms with Gasteiger partial charge in [-0.25, -0.2) is 8.42 Å². The highest BCUT2D eigenvalue weighted by Crippen LogP contribution is 2.24. The summed E-state index contributed by atoms with van der Waals surface area (Å²) in [4.78, 5) is 6.15. The first-order chi connectivity index (χ1) is 12.6. The van der Waals surface area contributed by atoms with Crippen molar-refractivity contribution in [1.82, 2.24) is 14.2 Å². The van der Waals surface area contributed by atoms with Crippen LogP contribution in [0.25, 0.3) is 10.9 Å². The van der Waals surface area contributed by atoms with Gasteiger partial charge in [0.2, 0.25) is 10.0 Å². The van der Waals surface area contributed by atoms with Crippen LogP contribution in [-0.2, 0) is 16.6 Å². The summed E-state index contributed by atoms with van der Waals surface area (Å²) >= 11 is 0. The van der Waals surface area contributed by atoms with Crippen molar-refractivity contribution in [2.24, 2.45) is 0 Å². The Morgan fingerprint density at radius 3 is 2.31 bits per heavy atom. The lowest BCUT2D eigenvalue weighted by atomic mass is 10.1. The highest BCUT2D eigenvalue weighted by atomic mass is 32.2. The number of rotatable bonds is 4. The standard InChI is InChI=1S/C20H23N3O2S/c1-16-19(18-9-5-6-10-20(18)21-16)15-22-11-13-23(14-12-22)26(24,25)17-7-3-2-4-8-17/h2-10,21H,11-15H2,1H3. The van der Waals surface area contributed by atoms with E-state index in [0.717, 1.165) is 25.2 Å². The molecule has 1 aliphatic heterocycles. The van der Waals surface area contributed by atoms with Gasteiger partial charge in [-0.3, -0.25) is 4.90 Å². The molecular formula is C20H23N3O2S. The van der Waals surface area contributed by atoms with Crippen LogP contribution in [0.3, 0.4) is 0 Å². The quantitative estimate of drug-likeness (QED) is 0.769. The fraction of sp³-hybridized carbons (Fsp3) is 0.300. The molecule has 1 aromatic heterocycles. The molecule has 5 nitrogen and oxygen atoms in total. The average Bonchev–Trinajstić information content (AvgIpc) is 2.98. The first kappa shape index (κ1) is 17.3. The molecule has 1 fully saturated rings. The van der Waals surface area contributed by atoms with Gasteiger partial charge in [0.15, 0.2) is 0 Å². The fourth-order valence-electron chi connectivity index (χ4n) is 3.63. The molecule has 2 heterocycles. The van der Waals surface area contributed by atoms with Gasteiger partial charge in [0.25, 0.3) is 0 Å². The normalized spacial score (nSPS) is 17.0. The number of nitrogens with one attached hydrogen (secondary N) is 1. The number of piperazine rings is 1. The molecule has 0 radical (unpaired) electrons. The summed E-state index contributed by atoms with van der Waals surface area (Å²) in [5, 5.41) is 1.25. The molecule has 0 unspecified atom stereocenters. The maximum absolute atomic E-state index is 12.7. The fourth-order valence-corrected chi connectivity index (χ4v) is 5.07. The summed E-state index contributed by atoms with van der Waals surface area (Å²) in [6.45, 7) is 5.48. The van der Waals surface area contributed by atoms with E-state index in [0.29, 0.717) is 18.0 Å². The topological polar surface area (TPSA) is 56.4 Å². The highest BCUT2D eigenvalue weighted by molar-refractivity contribution is 7.89. The van der Waals surface area contributed by atoms with Gasteiger partial charge in [-0.2, -0.15) is 4.31 Å². The van der Waals surface area contributed by atoms with Gasteiger partial charge < -0.3 is 4.98 Å². The number of aryl methyl sites for hydroxylation is 1. The van der Waals surface area contributed by atoms with Crippen molar-refractivity contribution in [2.75, 3.05) is 26.2 Å². The van der Waals surface area contributed by atoms with E-state index in [1.54, 1.807) is 28.6 Å². The number of benzene rings is 2. The van der Waals surface area contributed by atoms with Crippen molar-refractivity contribution in [1.29, 1.82) is 0 Å². The second-order valence-corrected chi connectivity index (χ2v) is 8.71. The average molecular weight is 369 g/mol. The van der Waals surface area contributed by atoms with Crippen LogP contribution in [0.1, 0.15) is 11.3 Å². The van der Waals surface area contributed by atoms with Crippen molar-refractivity contribution in [2.45, 2.75) is 18.4 Å². The summed E-state index contributed by atoms with van der Waals surface area (Å²) in [7, 11) is -3.39. The van der Waals surface area contributed by atoms with E-state index in [9.17, 15) is 8.42 Å². The molecule has 0 saturated carbocycles. The van der Waals surface area contributed by atoms with E-state index < -0.39 is 10.0 Å². The molecule has 2 aromatic carbocycles. The minimum atomic E-state index is -3.39. The SMILES string of the molecule is Cc1[nH]c2ccccc2c1CN1CCN(S(=O)(=O)c2ccccc2)CC1. The van der Waals surface area contributed by atoms with E-state index in [1.165, 1.54) is 16.6 Å². The molecule has 136 valence electrons.